The summed E-state index contributed by atoms with van der Waals surface area (Å²) in [7, 11) is 0. The zero-order valence-corrected chi connectivity index (χ0v) is 12.4. The maximum absolute atomic E-state index is 12.4. The number of rotatable bonds is 6. The largest absolute Gasteiger partial charge is 0.481 e. The van der Waals surface area contributed by atoms with Gasteiger partial charge in [0, 0.05) is 5.56 Å². The number of nitrogens with one attached hydrogen (secondary N) is 1. The van der Waals surface area contributed by atoms with Gasteiger partial charge in [-0.05, 0) is 36.1 Å². The molecule has 1 heterocycles. The maximum atomic E-state index is 12.4. The molecule has 1 aliphatic rings. The SMILES string of the molecule is CCC(CC)(CC(=O)O)NC(=O)c1ccc2c(c1)COC2. The first-order valence-electron chi connectivity index (χ1n) is 7.23. The van der Waals surface area contributed by atoms with E-state index in [4.69, 9.17) is 9.84 Å². The Morgan fingerprint density at radius 3 is 2.52 bits per heavy atom. The third kappa shape index (κ3) is 3.42. The van der Waals surface area contributed by atoms with Gasteiger partial charge in [0.05, 0.1) is 25.2 Å². The van der Waals surface area contributed by atoms with E-state index in [0.29, 0.717) is 31.6 Å². The van der Waals surface area contributed by atoms with Gasteiger partial charge in [-0.2, -0.15) is 0 Å². The van der Waals surface area contributed by atoms with Crippen LogP contribution in [0.4, 0.5) is 0 Å². The summed E-state index contributed by atoms with van der Waals surface area (Å²) < 4.78 is 5.34. The number of aliphatic carboxylic acids is 1. The van der Waals surface area contributed by atoms with E-state index in [9.17, 15) is 9.59 Å². The van der Waals surface area contributed by atoms with Crippen LogP contribution in [0.25, 0.3) is 0 Å². The lowest BCUT2D eigenvalue weighted by Crippen LogP contribution is -2.49. The lowest BCUT2D eigenvalue weighted by Gasteiger charge is -2.31. The van der Waals surface area contributed by atoms with Gasteiger partial charge in [0.25, 0.3) is 5.91 Å². The highest BCUT2D eigenvalue weighted by Crippen LogP contribution is 2.23. The smallest absolute Gasteiger partial charge is 0.305 e. The standard InChI is InChI=1S/C16H21NO4/c1-3-16(4-2,8-14(18)19)17-15(20)11-5-6-12-9-21-10-13(12)7-11/h5-7H,3-4,8-10H2,1-2H3,(H,17,20)(H,18,19). The predicted octanol–water partition coefficient (Wildman–Crippen LogP) is 2.48. The van der Waals surface area contributed by atoms with Crippen molar-refractivity contribution >= 4 is 11.9 Å². The summed E-state index contributed by atoms with van der Waals surface area (Å²) in [6, 6.07) is 5.49. The number of amides is 1. The summed E-state index contributed by atoms with van der Waals surface area (Å²) in [6.07, 6.45) is 1.09. The van der Waals surface area contributed by atoms with Crippen LogP contribution < -0.4 is 5.32 Å². The molecule has 1 aliphatic heterocycles. The second-order valence-electron chi connectivity index (χ2n) is 5.49. The minimum atomic E-state index is -0.902. The summed E-state index contributed by atoms with van der Waals surface area (Å²) in [5.41, 5.74) is 1.99. The Labute approximate surface area is 124 Å². The quantitative estimate of drug-likeness (QED) is 0.844. The Morgan fingerprint density at radius 1 is 1.24 bits per heavy atom. The Kier molecular flexibility index (Phi) is 4.63. The highest BCUT2D eigenvalue weighted by Gasteiger charge is 2.31. The molecule has 0 atom stereocenters. The van der Waals surface area contributed by atoms with Gasteiger partial charge in [-0.1, -0.05) is 19.9 Å². The van der Waals surface area contributed by atoms with Crippen LogP contribution in [-0.4, -0.2) is 22.5 Å². The molecule has 2 rings (SSSR count). The van der Waals surface area contributed by atoms with E-state index in [-0.39, 0.29) is 12.3 Å². The van der Waals surface area contributed by atoms with Crippen LogP contribution in [0.3, 0.4) is 0 Å². The van der Waals surface area contributed by atoms with Gasteiger partial charge < -0.3 is 15.2 Å². The summed E-state index contributed by atoms with van der Waals surface area (Å²) in [5, 5.41) is 12.0. The molecule has 0 saturated carbocycles. The van der Waals surface area contributed by atoms with Crippen molar-refractivity contribution in [3.63, 3.8) is 0 Å². The molecule has 0 aromatic heterocycles. The zero-order valence-electron chi connectivity index (χ0n) is 12.4. The molecule has 0 saturated heterocycles. The van der Waals surface area contributed by atoms with Crippen LogP contribution in [0.2, 0.25) is 0 Å². The Morgan fingerprint density at radius 2 is 1.90 bits per heavy atom. The van der Waals surface area contributed by atoms with Gasteiger partial charge in [0.2, 0.25) is 0 Å². The monoisotopic (exact) mass is 291 g/mol. The fourth-order valence-electron chi connectivity index (χ4n) is 2.64. The van der Waals surface area contributed by atoms with E-state index >= 15 is 0 Å². The number of hydrogen-bond acceptors (Lipinski definition) is 3. The van der Waals surface area contributed by atoms with Crippen molar-refractivity contribution in [2.75, 3.05) is 0 Å². The Hall–Kier alpha value is -1.88. The summed E-state index contributed by atoms with van der Waals surface area (Å²) in [6.45, 7) is 4.90. The molecule has 0 spiro atoms. The van der Waals surface area contributed by atoms with Gasteiger partial charge in [0.15, 0.2) is 0 Å². The number of fused-ring (bicyclic) bond motifs is 1. The lowest BCUT2D eigenvalue weighted by atomic mass is 9.88. The fourth-order valence-corrected chi connectivity index (χ4v) is 2.64. The van der Waals surface area contributed by atoms with Crippen LogP contribution >= 0.6 is 0 Å². The molecule has 1 aromatic carbocycles. The Bertz CT molecular complexity index is 549. The molecule has 5 nitrogen and oxygen atoms in total. The molecule has 21 heavy (non-hydrogen) atoms. The summed E-state index contributed by atoms with van der Waals surface area (Å²) in [5.74, 6) is -1.13. The topological polar surface area (TPSA) is 75.6 Å². The molecule has 0 aliphatic carbocycles. The van der Waals surface area contributed by atoms with Crippen molar-refractivity contribution in [3.05, 3.63) is 34.9 Å². The van der Waals surface area contributed by atoms with E-state index in [1.165, 1.54) is 0 Å². The molecule has 1 amide bonds. The second-order valence-corrected chi connectivity index (χ2v) is 5.49. The third-order valence-electron chi connectivity index (χ3n) is 4.21. The number of carbonyl (C=O) groups is 2. The average Bonchev–Trinajstić information content (AvgIpc) is 2.93. The Balaban J connectivity index is 2.17. The van der Waals surface area contributed by atoms with E-state index in [0.717, 1.165) is 11.1 Å². The van der Waals surface area contributed by atoms with E-state index in [1.807, 2.05) is 26.0 Å². The number of carbonyl (C=O) groups excluding carboxylic acids is 1. The normalized spacial score (nSPS) is 13.8. The van der Waals surface area contributed by atoms with E-state index in [2.05, 4.69) is 5.32 Å². The van der Waals surface area contributed by atoms with Crippen LogP contribution in [-0.2, 0) is 22.7 Å². The van der Waals surface area contributed by atoms with Gasteiger partial charge in [-0.15, -0.1) is 0 Å². The molecule has 1 aromatic rings. The van der Waals surface area contributed by atoms with Gasteiger partial charge in [-0.25, -0.2) is 0 Å². The number of carboxylic acid groups (broad SMARTS) is 1. The van der Waals surface area contributed by atoms with Crippen LogP contribution in [0.15, 0.2) is 18.2 Å². The van der Waals surface area contributed by atoms with Crippen molar-refractivity contribution in [1.29, 1.82) is 0 Å². The van der Waals surface area contributed by atoms with Gasteiger partial charge >= 0.3 is 5.97 Å². The van der Waals surface area contributed by atoms with Crippen LogP contribution in [0, 0.1) is 0 Å². The highest BCUT2D eigenvalue weighted by atomic mass is 16.5. The molecule has 114 valence electrons. The number of ether oxygens (including phenoxy) is 1. The van der Waals surface area contributed by atoms with Crippen molar-refractivity contribution in [2.45, 2.75) is 51.9 Å². The molecule has 0 radical (unpaired) electrons. The molecule has 0 bridgehead atoms. The van der Waals surface area contributed by atoms with Gasteiger partial charge in [-0.3, -0.25) is 9.59 Å². The molecular formula is C16H21NO4. The third-order valence-corrected chi connectivity index (χ3v) is 4.21. The lowest BCUT2D eigenvalue weighted by molar-refractivity contribution is -0.138. The maximum Gasteiger partial charge on any atom is 0.305 e. The molecular weight excluding hydrogens is 270 g/mol. The fraction of sp³-hybridized carbons (Fsp3) is 0.500. The summed E-state index contributed by atoms with van der Waals surface area (Å²) >= 11 is 0. The first kappa shape index (κ1) is 15.5. The average molecular weight is 291 g/mol. The number of benzene rings is 1. The van der Waals surface area contributed by atoms with Crippen molar-refractivity contribution in [3.8, 4) is 0 Å². The first-order chi connectivity index (χ1) is 9.99. The van der Waals surface area contributed by atoms with Crippen molar-refractivity contribution < 1.29 is 19.4 Å². The minimum absolute atomic E-state index is 0.0697. The number of carboxylic acids is 1. The molecule has 2 N–H and O–H groups in total. The van der Waals surface area contributed by atoms with Crippen LogP contribution in [0.1, 0.15) is 54.6 Å². The highest BCUT2D eigenvalue weighted by molar-refractivity contribution is 5.95. The van der Waals surface area contributed by atoms with E-state index < -0.39 is 11.5 Å². The first-order valence-corrected chi connectivity index (χ1v) is 7.23. The molecule has 5 heteroatoms. The van der Waals surface area contributed by atoms with Gasteiger partial charge in [0.1, 0.15) is 0 Å². The molecule has 0 unspecified atom stereocenters. The van der Waals surface area contributed by atoms with Crippen molar-refractivity contribution in [1.82, 2.24) is 5.32 Å². The minimum Gasteiger partial charge on any atom is -0.481 e. The number of hydrogen-bond donors (Lipinski definition) is 2. The molecule has 0 fully saturated rings. The van der Waals surface area contributed by atoms with E-state index in [1.54, 1.807) is 6.07 Å². The predicted molar refractivity (Wildman–Crippen MR) is 78.0 cm³/mol. The van der Waals surface area contributed by atoms with Crippen molar-refractivity contribution in [2.24, 2.45) is 0 Å². The van der Waals surface area contributed by atoms with Crippen LogP contribution in [0.5, 0.6) is 0 Å². The summed E-state index contributed by atoms with van der Waals surface area (Å²) in [4.78, 5) is 23.5. The zero-order chi connectivity index (χ0) is 15.5. The second kappa shape index (κ2) is 6.26.